The molecule has 0 aliphatic rings. The third kappa shape index (κ3) is 4.12. The Labute approximate surface area is 158 Å². The van der Waals surface area contributed by atoms with Crippen LogP contribution in [0.4, 0.5) is 0 Å². The maximum absolute atomic E-state index is 8.66. The number of nitriles is 1. The summed E-state index contributed by atoms with van der Waals surface area (Å²) in [4.78, 5) is 4.09. The Kier molecular flexibility index (Phi) is 6.03. The monoisotopic (exact) mass is 363 g/mol. The minimum Gasteiger partial charge on any atom is -0.270 e. The van der Waals surface area contributed by atoms with Crippen molar-refractivity contribution in [2.75, 3.05) is 5.75 Å². The highest BCUT2D eigenvalue weighted by Gasteiger charge is 2.16. The SMILES string of the molecule is Cc1ccc(-n2c(SCCCCC#N)nnc2-c2ccncc2)cc1C. The number of rotatable bonds is 7. The van der Waals surface area contributed by atoms with Crippen molar-refractivity contribution in [3.63, 3.8) is 0 Å². The van der Waals surface area contributed by atoms with Crippen molar-refractivity contribution in [2.24, 2.45) is 0 Å². The molecule has 3 aromatic rings. The summed E-state index contributed by atoms with van der Waals surface area (Å²) in [6.45, 7) is 4.23. The molecule has 0 N–H and O–H groups in total. The van der Waals surface area contributed by atoms with E-state index in [0.717, 1.165) is 40.8 Å². The summed E-state index contributed by atoms with van der Waals surface area (Å²) in [6.07, 6.45) is 6.04. The maximum atomic E-state index is 8.66. The fourth-order valence-electron chi connectivity index (χ4n) is 2.62. The normalized spacial score (nSPS) is 10.7. The van der Waals surface area contributed by atoms with Gasteiger partial charge in [0.1, 0.15) is 0 Å². The molecule has 0 spiro atoms. The maximum Gasteiger partial charge on any atom is 0.196 e. The molecular formula is C20H21N5S. The molecule has 0 saturated carbocycles. The van der Waals surface area contributed by atoms with E-state index in [9.17, 15) is 0 Å². The predicted molar refractivity (Wildman–Crippen MR) is 104 cm³/mol. The van der Waals surface area contributed by atoms with Crippen LogP contribution in [0.3, 0.4) is 0 Å². The van der Waals surface area contributed by atoms with Crippen molar-refractivity contribution in [2.45, 2.75) is 38.3 Å². The van der Waals surface area contributed by atoms with Crippen LogP contribution in [-0.4, -0.2) is 25.5 Å². The Morgan fingerprint density at radius 3 is 2.58 bits per heavy atom. The lowest BCUT2D eigenvalue weighted by molar-refractivity contribution is 0.822. The molecule has 1 aromatic carbocycles. The molecule has 2 aromatic heterocycles. The number of nitrogens with zero attached hydrogens (tertiary/aromatic N) is 5. The molecule has 6 heteroatoms. The van der Waals surface area contributed by atoms with Gasteiger partial charge in [-0.2, -0.15) is 5.26 Å². The molecule has 26 heavy (non-hydrogen) atoms. The number of benzene rings is 1. The second kappa shape index (κ2) is 8.63. The van der Waals surface area contributed by atoms with E-state index in [4.69, 9.17) is 5.26 Å². The van der Waals surface area contributed by atoms with Crippen LogP contribution in [0.1, 0.15) is 30.4 Å². The summed E-state index contributed by atoms with van der Waals surface area (Å²) in [6, 6.07) is 12.5. The zero-order valence-electron chi connectivity index (χ0n) is 15.0. The Morgan fingerprint density at radius 2 is 1.85 bits per heavy atom. The molecule has 132 valence electrons. The largest absolute Gasteiger partial charge is 0.270 e. The quantitative estimate of drug-likeness (QED) is 0.448. The van der Waals surface area contributed by atoms with Crippen molar-refractivity contribution in [3.8, 4) is 23.1 Å². The molecule has 3 rings (SSSR count). The highest BCUT2D eigenvalue weighted by molar-refractivity contribution is 7.99. The average Bonchev–Trinajstić information content (AvgIpc) is 3.08. The third-order valence-corrected chi connectivity index (χ3v) is 5.25. The molecule has 0 saturated heterocycles. The van der Waals surface area contributed by atoms with E-state index in [0.29, 0.717) is 6.42 Å². The summed E-state index contributed by atoms with van der Waals surface area (Å²) >= 11 is 1.68. The van der Waals surface area contributed by atoms with Gasteiger partial charge < -0.3 is 0 Å². The highest BCUT2D eigenvalue weighted by atomic mass is 32.2. The lowest BCUT2D eigenvalue weighted by Gasteiger charge is -2.12. The van der Waals surface area contributed by atoms with E-state index in [-0.39, 0.29) is 0 Å². The lowest BCUT2D eigenvalue weighted by atomic mass is 10.1. The molecule has 0 radical (unpaired) electrons. The first kappa shape index (κ1) is 18.2. The standard InChI is InChI=1S/C20H21N5S/c1-15-6-7-18(14-16(15)2)25-19(17-8-11-22-12-9-17)23-24-20(25)26-13-5-3-4-10-21/h6-9,11-12,14H,3-5,13H2,1-2H3. The number of hydrogen-bond acceptors (Lipinski definition) is 5. The van der Waals surface area contributed by atoms with Crippen LogP contribution in [0.15, 0.2) is 47.9 Å². The number of thioether (sulfide) groups is 1. The van der Waals surface area contributed by atoms with Crippen LogP contribution >= 0.6 is 11.8 Å². The number of aryl methyl sites for hydroxylation is 2. The summed E-state index contributed by atoms with van der Waals surface area (Å²) in [5, 5.41) is 18.4. The van der Waals surface area contributed by atoms with Crippen molar-refractivity contribution >= 4 is 11.8 Å². The first-order valence-corrected chi connectivity index (χ1v) is 9.62. The van der Waals surface area contributed by atoms with Crippen molar-refractivity contribution < 1.29 is 0 Å². The van der Waals surface area contributed by atoms with E-state index in [1.54, 1.807) is 24.2 Å². The second-order valence-corrected chi connectivity index (χ2v) is 7.17. The second-order valence-electron chi connectivity index (χ2n) is 6.11. The fourth-order valence-corrected chi connectivity index (χ4v) is 3.57. The van der Waals surface area contributed by atoms with Gasteiger partial charge in [0.15, 0.2) is 11.0 Å². The third-order valence-electron chi connectivity index (χ3n) is 4.23. The van der Waals surface area contributed by atoms with Crippen LogP contribution < -0.4 is 0 Å². The van der Waals surface area contributed by atoms with Gasteiger partial charge in [-0.3, -0.25) is 9.55 Å². The van der Waals surface area contributed by atoms with Gasteiger partial charge in [-0.25, -0.2) is 0 Å². The predicted octanol–water partition coefficient (Wildman–Crippen LogP) is 4.73. The van der Waals surface area contributed by atoms with Crippen LogP contribution in [-0.2, 0) is 0 Å². The van der Waals surface area contributed by atoms with Crippen molar-refractivity contribution in [1.29, 1.82) is 5.26 Å². The lowest BCUT2D eigenvalue weighted by Crippen LogP contribution is -2.01. The van der Waals surface area contributed by atoms with Crippen LogP contribution in [0.5, 0.6) is 0 Å². The molecule has 0 amide bonds. The minimum atomic E-state index is 0.604. The Hall–Kier alpha value is -2.65. The molecule has 0 fully saturated rings. The van der Waals surface area contributed by atoms with E-state index >= 15 is 0 Å². The van der Waals surface area contributed by atoms with E-state index in [2.05, 4.69) is 57.9 Å². The number of hydrogen-bond donors (Lipinski definition) is 0. The number of pyridine rings is 1. The van der Waals surface area contributed by atoms with Gasteiger partial charge in [0.2, 0.25) is 0 Å². The minimum absolute atomic E-state index is 0.604. The van der Waals surface area contributed by atoms with Gasteiger partial charge in [-0.15, -0.1) is 10.2 Å². The first-order valence-electron chi connectivity index (χ1n) is 8.64. The van der Waals surface area contributed by atoms with E-state index in [1.807, 2.05) is 12.1 Å². The van der Waals surface area contributed by atoms with E-state index < -0.39 is 0 Å². The Bertz CT molecular complexity index is 912. The fraction of sp³-hybridized carbons (Fsp3) is 0.300. The molecule has 2 heterocycles. The number of aromatic nitrogens is 4. The van der Waals surface area contributed by atoms with Crippen LogP contribution in [0, 0.1) is 25.2 Å². The summed E-state index contributed by atoms with van der Waals surface area (Å²) in [7, 11) is 0. The average molecular weight is 363 g/mol. The van der Waals surface area contributed by atoms with Crippen molar-refractivity contribution in [1.82, 2.24) is 19.7 Å². The Balaban J connectivity index is 1.96. The summed E-state index contributed by atoms with van der Waals surface area (Å²) in [5.41, 5.74) is 4.55. The zero-order valence-corrected chi connectivity index (χ0v) is 15.8. The van der Waals surface area contributed by atoms with Gasteiger partial charge in [0.25, 0.3) is 0 Å². The van der Waals surface area contributed by atoms with Gasteiger partial charge in [-0.05, 0) is 62.1 Å². The van der Waals surface area contributed by atoms with Gasteiger partial charge >= 0.3 is 0 Å². The Morgan fingerprint density at radius 1 is 1.04 bits per heavy atom. The molecule has 0 bridgehead atoms. The molecule has 0 aliphatic carbocycles. The number of unbranched alkanes of at least 4 members (excludes halogenated alkanes) is 2. The molecular weight excluding hydrogens is 342 g/mol. The molecule has 5 nitrogen and oxygen atoms in total. The molecule has 0 atom stereocenters. The van der Waals surface area contributed by atoms with Crippen LogP contribution in [0.25, 0.3) is 17.1 Å². The summed E-state index contributed by atoms with van der Waals surface area (Å²) < 4.78 is 2.11. The van der Waals surface area contributed by atoms with Crippen molar-refractivity contribution in [3.05, 3.63) is 53.9 Å². The van der Waals surface area contributed by atoms with Gasteiger partial charge in [0, 0.05) is 30.1 Å². The van der Waals surface area contributed by atoms with Gasteiger partial charge in [-0.1, -0.05) is 17.8 Å². The summed E-state index contributed by atoms with van der Waals surface area (Å²) in [5.74, 6) is 1.73. The van der Waals surface area contributed by atoms with Crippen LogP contribution in [0.2, 0.25) is 0 Å². The van der Waals surface area contributed by atoms with Gasteiger partial charge in [0.05, 0.1) is 11.8 Å². The van der Waals surface area contributed by atoms with E-state index in [1.165, 1.54) is 11.1 Å². The topological polar surface area (TPSA) is 67.4 Å². The smallest absolute Gasteiger partial charge is 0.196 e. The zero-order chi connectivity index (χ0) is 18.4. The highest BCUT2D eigenvalue weighted by Crippen LogP contribution is 2.29. The first-order chi connectivity index (χ1) is 12.7. The molecule has 0 unspecified atom stereocenters. The molecule has 0 aliphatic heterocycles.